The molecular formula is C30H36N2O7S. The molecular weight excluding hydrogens is 532 g/mol. The number of carbonyl (C=O) groups excluding carboxylic acids is 1. The van der Waals surface area contributed by atoms with Crippen LogP contribution in [0.3, 0.4) is 0 Å². The van der Waals surface area contributed by atoms with Gasteiger partial charge in [-0.15, -0.1) is 0 Å². The summed E-state index contributed by atoms with van der Waals surface area (Å²) in [4.78, 5) is 25.6. The molecule has 0 aliphatic rings. The molecule has 0 aliphatic carbocycles. The summed E-state index contributed by atoms with van der Waals surface area (Å²) < 4.78 is 21.7. The summed E-state index contributed by atoms with van der Waals surface area (Å²) >= 11 is 4.68. The number of ether oxygens (including phenoxy) is 4. The fourth-order valence-corrected chi connectivity index (χ4v) is 4.37. The molecule has 3 rings (SSSR count). The highest BCUT2D eigenvalue weighted by Gasteiger charge is 2.35. The zero-order valence-electron chi connectivity index (χ0n) is 23.6. The summed E-state index contributed by atoms with van der Waals surface area (Å²) in [5, 5.41) is 8.70. The molecule has 3 aromatic rings. The van der Waals surface area contributed by atoms with Crippen molar-refractivity contribution in [2.24, 2.45) is 5.73 Å². The predicted molar refractivity (Wildman–Crippen MR) is 158 cm³/mol. The number of likely N-dealkylation sites (N-methyl/N-ethyl adjacent to an activating group) is 1. The van der Waals surface area contributed by atoms with Crippen LogP contribution in [0, 0.1) is 0 Å². The third-order valence-corrected chi connectivity index (χ3v) is 6.74. The highest BCUT2D eigenvalue weighted by atomic mass is 32.1. The van der Waals surface area contributed by atoms with E-state index in [1.165, 1.54) is 27.4 Å². The van der Waals surface area contributed by atoms with Gasteiger partial charge in [-0.25, -0.2) is 9.59 Å². The number of hydrogen-bond acceptors (Lipinski definition) is 8. The Hall–Kier alpha value is -4.15. The Balaban J connectivity index is 0.000000389. The van der Waals surface area contributed by atoms with E-state index in [9.17, 15) is 9.59 Å². The van der Waals surface area contributed by atoms with Gasteiger partial charge >= 0.3 is 11.9 Å². The largest absolute Gasteiger partial charge is 0.493 e. The lowest BCUT2D eigenvalue weighted by molar-refractivity contribution is 0.0119. The Labute approximate surface area is 240 Å². The normalized spacial score (nSPS) is 11.9. The predicted octanol–water partition coefficient (Wildman–Crippen LogP) is 4.76. The van der Waals surface area contributed by atoms with Crippen LogP contribution in [0.1, 0.15) is 45.2 Å². The quantitative estimate of drug-likeness (QED) is 0.248. The highest BCUT2D eigenvalue weighted by Crippen LogP contribution is 2.38. The molecule has 1 atom stereocenters. The second kappa shape index (κ2) is 14.9. The van der Waals surface area contributed by atoms with Gasteiger partial charge in [0.25, 0.3) is 0 Å². The lowest BCUT2D eigenvalue weighted by atomic mass is 9.87. The topological polar surface area (TPSA) is 121 Å². The van der Waals surface area contributed by atoms with E-state index in [0.717, 1.165) is 12.0 Å². The van der Waals surface area contributed by atoms with E-state index in [-0.39, 0.29) is 17.2 Å². The molecule has 10 heteroatoms. The first-order chi connectivity index (χ1) is 19.1. The zero-order chi connectivity index (χ0) is 29.9. The molecule has 1 unspecified atom stereocenters. The smallest absolute Gasteiger partial charge is 0.338 e. The molecule has 0 aromatic heterocycles. The van der Waals surface area contributed by atoms with Gasteiger partial charge < -0.3 is 29.8 Å². The van der Waals surface area contributed by atoms with Crippen LogP contribution < -0.4 is 19.9 Å². The molecule has 3 aromatic carbocycles. The second-order valence-corrected chi connectivity index (χ2v) is 9.29. The van der Waals surface area contributed by atoms with Crippen molar-refractivity contribution in [1.82, 2.24) is 4.90 Å². The zero-order valence-corrected chi connectivity index (χ0v) is 24.4. The van der Waals surface area contributed by atoms with Crippen molar-refractivity contribution in [3.63, 3.8) is 0 Å². The number of hydrogen-bond donors (Lipinski definition) is 2. The van der Waals surface area contributed by atoms with Crippen molar-refractivity contribution in [3.05, 3.63) is 89.0 Å². The van der Waals surface area contributed by atoms with E-state index >= 15 is 0 Å². The molecule has 0 saturated heterocycles. The van der Waals surface area contributed by atoms with Crippen LogP contribution in [0.5, 0.6) is 17.2 Å². The van der Waals surface area contributed by atoms with Gasteiger partial charge in [0, 0.05) is 5.56 Å². The van der Waals surface area contributed by atoms with Crippen LogP contribution in [-0.4, -0.2) is 69.0 Å². The maximum absolute atomic E-state index is 12.8. The Morgan fingerprint density at radius 3 is 1.82 bits per heavy atom. The van der Waals surface area contributed by atoms with Crippen LogP contribution in [0.4, 0.5) is 0 Å². The summed E-state index contributed by atoms with van der Waals surface area (Å²) in [6.45, 7) is 2.30. The average Bonchev–Trinajstić information content (AvgIpc) is 2.97. The number of thiocarbonyl (C=S) groups is 1. The summed E-state index contributed by atoms with van der Waals surface area (Å²) in [6.07, 6.45) is 0.784. The lowest BCUT2D eigenvalue weighted by Crippen LogP contribution is -2.45. The molecule has 0 radical (unpaired) electrons. The minimum atomic E-state index is -1.02. The van der Waals surface area contributed by atoms with Crippen molar-refractivity contribution in [2.45, 2.75) is 18.9 Å². The maximum atomic E-state index is 12.8. The highest BCUT2D eigenvalue weighted by molar-refractivity contribution is 7.80. The first-order valence-electron chi connectivity index (χ1n) is 12.4. The van der Waals surface area contributed by atoms with Gasteiger partial charge in [0.1, 0.15) is 11.6 Å². The average molecular weight is 569 g/mol. The fourth-order valence-electron chi connectivity index (χ4n) is 4.19. The summed E-state index contributed by atoms with van der Waals surface area (Å²) in [5.41, 5.74) is 6.88. The Morgan fingerprint density at radius 1 is 0.900 bits per heavy atom. The molecule has 9 nitrogen and oxygen atoms in total. The van der Waals surface area contributed by atoms with Gasteiger partial charge in [-0.3, -0.25) is 4.90 Å². The molecule has 40 heavy (non-hydrogen) atoms. The standard InChI is InChI=1S/C22H29NO5.C8H7NO2S/c1-7-22(23(2)3,17-11-9-8-10-12-17)15-28-21(24)16-13-18(25-4)20(27-6)19(14-16)26-5;9-7(12)5-3-1-2-4-6(5)8(10)11/h8-14H,7,15H2,1-6H3;1-4H,(H2,9,12)(H,10,11). The molecule has 0 bridgehead atoms. The number of aromatic carboxylic acids is 1. The number of methoxy groups -OCH3 is 3. The molecule has 3 N–H and O–H groups in total. The first kappa shape index (κ1) is 32.1. The van der Waals surface area contributed by atoms with Crippen molar-refractivity contribution in [2.75, 3.05) is 42.0 Å². The second-order valence-electron chi connectivity index (χ2n) is 8.85. The Morgan fingerprint density at radius 2 is 1.43 bits per heavy atom. The van der Waals surface area contributed by atoms with E-state index in [4.69, 9.17) is 29.8 Å². The molecule has 0 fully saturated rings. The number of nitrogens with two attached hydrogens (primary N) is 1. The third kappa shape index (κ3) is 7.49. The number of carboxylic acids is 1. The number of nitrogens with zero attached hydrogens (tertiary/aromatic N) is 1. The Kier molecular flexibility index (Phi) is 11.9. The van der Waals surface area contributed by atoms with E-state index in [1.54, 1.807) is 30.3 Å². The summed E-state index contributed by atoms with van der Waals surface area (Å²) in [6, 6.07) is 19.6. The van der Waals surface area contributed by atoms with E-state index in [0.29, 0.717) is 28.4 Å². The van der Waals surface area contributed by atoms with Crippen LogP contribution in [-0.2, 0) is 10.3 Å². The van der Waals surface area contributed by atoms with Crippen molar-refractivity contribution >= 4 is 29.1 Å². The Bertz CT molecular complexity index is 1260. The molecule has 0 amide bonds. The van der Waals surface area contributed by atoms with E-state index in [2.05, 4.69) is 36.2 Å². The van der Waals surface area contributed by atoms with Crippen molar-refractivity contribution in [1.29, 1.82) is 0 Å². The van der Waals surface area contributed by atoms with Crippen molar-refractivity contribution < 1.29 is 33.6 Å². The van der Waals surface area contributed by atoms with Gasteiger partial charge in [-0.05, 0) is 44.3 Å². The van der Waals surface area contributed by atoms with Crippen LogP contribution in [0.25, 0.3) is 0 Å². The van der Waals surface area contributed by atoms with Crippen molar-refractivity contribution in [3.8, 4) is 17.2 Å². The maximum Gasteiger partial charge on any atom is 0.338 e. The number of esters is 1. The first-order valence-corrected chi connectivity index (χ1v) is 12.8. The van der Waals surface area contributed by atoms with E-state index < -0.39 is 17.5 Å². The van der Waals surface area contributed by atoms with Gasteiger partial charge in [-0.1, -0.05) is 67.7 Å². The number of rotatable bonds is 11. The number of carboxylic acid groups (broad SMARTS) is 1. The SMILES string of the molecule is CCC(COC(=O)c1cc(OC)c(OC)c(OC)c1)(c1ccccc1)N(C)C.NC(=S)c1ccccc1C(=O)O. The van der Waals surface area contributed by atoms with Crippen LogP contribution >= 0.6 is 12.2 Å². The molecule has 214 valence electrons. The van der Waals surface area contributed by atoms with Gasteiger partial charge in [-0.2, -0.15) is 0 Å². The number of benzene rings is 3. The minimum absolute atomic E-state index is 0.105. The number of carbonyl (C=O) groups is 2. The molecule has 0 heterocycles. The summed E-state index contributed by atoms with van der Waals surface area (Å²) in [5.74, 6) is -0.215. The lowest BCUT2D eigenvalue weighted by Gasteiger charge is -2.39. The van der Waals surface area contributed by atoms with Gasteiger partial charge in [0.05, 0.1) is 38.0 Å². The van der Waals surface area contributed by atoms with Crippen LogP contribution in [0.15, 0.2) is 66.7 Å². The third-order valence-electron chi connectivity index (χ3n) is 6.52. The van der Waals surface area contributed by atoms with E-state index in [1.807, 2.05) is 32.3 Å². The molecule has 0 spiro atoms. The molecule has 0 saturated carbocycles. The molecule has 0 aliphatic heterocycles. The fraction of sp³-hybridized carbons (Fsp3) is 0.300. The van der Waals surface area contributed by atoms with Gasteiger partial charge in [0.15, 0.2) is 11.5 Å². The van der Waals surface area contributed by atoms with Gasteiger partial charge in [0.2, 0.25) is 5.75 Å². The monoisotopic (exact) mass is 568 g/mol. The summed E-state index contributed by atoms with van der Waals surface area (Å²) in [7, 11) is 8.52. The minimum Gasteiger partial charge on any atom is -0.493 e. The van der Waals surface area contributed by atoms with Crippen LogP contribution in [0.2, 0.25) is 0 Å².